The van der Waals surface area contributed by atoms with Crippen molar-refractivity contribution in [3.8, 4) is 5.75 Å². The van der Waals surface area contributed by atoms with Gasteiger partial charge in [0.1, 0.15) is 17.3 Å². The van der Waals surface area contributed by atoms with Crippen molar-refractivity contribution in [2.24, 2.45) is 5.92 Å². The minimum absolute atomic E-state index is 0.0654. The van der Waals surface area contributed by atoms with E-state index in [1.54, 1.807) is 12.0 Å². The van der Waals surface area contributed by atoms with Crippen LogP contribution in [0.25, 0.3) is 0 Å². The van der Waals surface area contributed by atoms with Gasteiger partial charge >= 0.3 is 0 Å². The van der Waals surface area contributed by atoms with E-state index in [-0.39, 0.29) is 48.8 Å². The van der Waals surface area contributed by atoms with E-state index in [0.717, 1.165) is 22.4 Å². The third kappa shape index (κ3) is 7.14. The van der Waals surface area contributed by atoms with Crippen molar-refractivity contribution in [2.75, 3.05) is 26.8 Å². The van der Waals surface area contributed by atoms with Crippen LogP contribution in [0.3, 0.4) is 0 Å². The van der Waals surface area contributed by atoms with Crippen molar-refractivity contribution >= 4 is 17.7 Å². The largest absolute Gasteiger partial charge is 0.497 e. The van der Waals surface area contributed by atoms with Crippen LogP contribution < -0.4 is 20.7 Å². The zero-order chi connectivity index (χ0) is 32.8. The Morgan fingerprint density at radius 3 is 2.67 bits per heavy atom. The van der Waals surface area contributed by atoms with Gasteiger partial charge in [-0.25, -0.2) is 0 Å². The summed E-state index contributed by atoms with van der Waals surface area (Å²) in [4.78, 5) is 42.2. The van der Waals surface area contributed by atoms with E-state index in [9.17, 15) is 19.5 Å². The number of hydrogen-bond donors (Lipinski definition) is 4. The summed E-state index contributed by atoms with van der Waals surface area (Å²) in [5, 5.41) is 21.2. The number of nitrogens with one attached hydrogen (secondary N) is 3. The number of ether oxygens (including phenoxy) is 2. The monoisotopic (exact) mass is 632 g/mol. The first-order valence-corrected chi connectivity index (χ1v) is 16.5. The Balaban J connectivity index is 1.46. The average molecular weight is 633 g/mol. The lowest BCUT2D eigenvalue weighted by atomic mass is 9.81. The average Bonchev–Trinajstić information content (AvgIpc) is 3.56. The van der Waals surface area contributed by atoms with Gasteiger partial charge in [-0.05, 0) is 60.4 Å². The number of carbonyl (C=O) groups is 3. The third-order valence-corrected chi connectivity index (χ3v) is 9.97. The number of β-amino-alcohol motifs (C(OH)–C–C–N with tert-alkyl or cyclic N) is 1. The number of likely N-dealkylation sites (tertiary alicyclic amines) is 1. The number of aliphatic hydroxyl groups is 1. The molecule has 1 aliphatic carbocycles. The van der Waals surface area contributed by atoms with E-state index >= 15 is 0 Å². The normalized spacial score (nSPS) is 30.0. The molecule has 2 bridgehead atoms. The lowest BCUT2D eigenvalue weighted by molar-refractivity contribution is -0.144. The number of hydrogen-bond acceptors (Lipinski definition) is 7. The number of nitrogens with zero attached hydrogens (tertiary/aromatic N) is 1. The number of methoxy groups -OCH3 is 1. The maximum absolute atomic E-state index is 14.2. The molecule has 248 valence electrons. The van der Waals surface area contributed by atoms with Gasteiger partial charge in [0.05, 0.1) is 32.0 Å². The summed E-state index contributed by atoms with van der Waals surface area (Å²) >= 11 is 0. The molecule has 7 atom stereocenters. The molecule has 2 heterocycles. The van der Waals surface area contributed by atoms with Crippen LogP contribution in [0.2, 0.25) is 0 Å². The molecule has 10 nitrogen and oxygen atoms in total. The second-order valence-electron chi connectivity index (χ2n) is 12.8. The van der Waals surface area contributed by atoms with Crippen LogP contribution in [0.1, 0.15) is 75.3 Å². The fraction of sp³-hybridized carbons (Fsp3) is 0.528. The molecule has 46 heavy (non-hydrogen) atoms. The Morgan fingerprint density at radius 2 is 1.96 bits per heavy atom. The summed E-state index contributed by atoms with van der Waals surface area (Å²) in [6.07, 6.45) is 5.22. The summed E-state index contributed by atoms with van der Waals surface area (Å²) in [5.41, 5.74) is 2.08. The predicted octanol–water partition coefficient (Wildman–Crippen LogP) is 3.36. The second-order valence-corrected chi connectivity index (χ2v) is 12.8. The standard InChI is InChI=1S/C36H48N4O6/c1-5-23(2)36(39-24(3)41)16-17-40(35(36)44)31-13-9-10-18-46-33-21-29(28-20-26(45-4)14-15-27(28)33)37-22-32(42)30(38-34(31)43)19-25-11-7-6-8-12-25/h6-12,14-15,20,23,29-33,37,42H,5,13,16-19,21-22H2,1-4H3,(H,38,43)(H,39,41)/b10-9+/t23?,29-,30-,31-,32+,33+,36-/m0/s1. The molecule has 10 heteroatoms. The predicted molar refractivity (Wildman–Crippen MR) is 175 cm³/mol. The molecular formula is C36H48N4O6. The number of rotatable bonds is 7. The van der Waals surface area contributed by atoms with Crippen LogP contribution >= 0.6 is 0 Å². The summed E-state index contributed by atoms with van der Waals surface area (Å²) in [6.45, 7) is 6.29. The van der Waals surface area contributed by atoms with E-state index in [4.69, 9.17) is 9.47 Å². The minimum atomic E-state index is -1.06. The Hall–Kier alpha value is -3.73. The van der Waals surface area contributed by atoms with E-state index in [1.807, 2.05) is 74.5 Å². The number of amides is 3. The highest BCUT2D eigenvalue weighted by atomic mass is 16.5. The molecule has 0 aromatic heterocycles. The van der Waals surface area contributed by atoms with Crippen LogP contribution in [-0.2, 0) is 25.5 Å². The molecule has 4 N–H and O–H groups in total. The molecule has 5 rings (SSSR count). The summed E-state index contributed by atoms with van der Waals surface area (Å²) < 4.78 is 11.8. The topological polar surface area (TPSA) is 129 Å². The molecule has 0 spiro atoms. The van der Waals surface area contributed by atoms with E-state index in [1.165, 1.54) is 6.92 Å². The van der Waals surface area contributed by atoms with Crippen LogP contribution in [0.4, 0.5) is 0 Å². The molecular weight excluding hydrogens is 584 g/mol. The highest BCUT2D eigenvalue weighted by Crippen LogP contribution is 2.42. The van der Waals surface area contributed by atoms with E-state index < -0.39 is 23.7 Å². The zero-order valence-corrected chi connectivity index (χ0v) is 27.3. The summed E-state index contributed by atoms with van der Waals surface area (Å²) in [5.74, 6) is -0.209. The quantitative estimate of drug-likeness (QED) is 0.345. The first-order valence-electron chi connectivity index (χ1n) is 16.5. The van der Waals surface area contributed by atoms with Crippen molar-refractivity contribution in [3.05, 3.63) is 77.4 Å². The van der Waals surface area contributed by atoms with Crippen LogP contribution in [0, 0.1) is 5.92 Å². The van der Waals surface area contributed by atoms with Gasteiger partial charge in [-0.15, -0.1) is 0 Å². The Bertz CT molecular complexity index is 1420. The van der Waals surface area contributed by atoms with Gasteiger partial charge in [-0.2, -0.15) is 0 Å². The van der Waals surface area contributed by atoms with Gasteiger partial charge in [0, 0.05) is 26.1 Å². The van der Waals surface area contributed by atoms with Gasteiger partial charge in [0.15, 0.2) is 0 Å². The van der Waals surface area contributed by atoms with E-state index in [0.29, 0.717) is 38.8 Å². The Morgan fingerprint density at radius 1 is 1.17 bits per heavy atom. The van der Waals surface area contributed by atoms with Crippen LogP contribution in [0.5, 0.6) is 5.75 Å². The zero-order valence-electron chi connectivity index (χ0n) is 27.3. The maximum atomic E-state index is 14.2. The molecule has 2 aliphatic heterocycles. The summed E-state index contributed by atoms with van der Waals surface area (Å²) in [7, 11) is 1.64. The highest BCUT2D eigenvalue weighted by Gasteiger charge is 2.53. The molecule has 0 radical (unpaired) electrons. The van der Waals surface area contributed by atoms with E-state index in [2.05, 4.69) is 16.0 Å². The van der Waals surface area contributed by atoms with Gasteiger partial charge in [0.2, 0.25) is 17.7 Å². The van der Waals surface area contributed by atoms with Crippen molar-refractivity contribution in [3.63, 3.8) is 0 Å². The van der Waals surface area contributed by atoms with Crippen molar-refractivity contribution < 1.29 is 29.0 Å². The van der Waals surface area contributed by atoms with Crippen LogP contribution in [-0.4, -0.2) is 78.3 Å². The lowest BCUT2D eigenvalue weighted by Crippen LogP contribution is -2.60. The lowest BCUT2D eigenvalue weighted by Gasteiger charge is -2.36. The van der Waals surface area contributed by atoms with Gasteiger partial charge in [-0.3, -0.25) is 14.4 Å². The van der Waals surface area contributed by atoms with Crippen molar-refractivity contribution in [1.29, 1.82) is 0 Å². The fourth-order valence-electron chi connectivity index (χ4n) is 7.19. The first kappa shape index (κ1) is 33.6. The Labute approximate surface area is 271 Å². The van der Waals surface area contributed by atoms with Crippen molar-refractivity contribution in [2.45, 2.75) is 88.7 Å². The summed E-state index contributed by atoms with van der Waals surface area (Å²) in [6, 6.07) is 14.2. The molecule has 1 fully saturated rings. The van der Waals surface area contributed by atoms with Crippen molar-refractivity contribution in [1.82, 2.24) is 20.9 Å². The molecule has 3 aliphatic rings. The van der Waals surface area contributed by atoms with Crippen LogP contribution in [0.15, 0.2) is 60.7 Å². The van der Waals surface area contributed by atoms with Gasteiger partial charge < -0.3 is 35.4 Å². The molecule has 2 aromatic carbocycles. The van der Waals surface area contributed by atoms with Gasteiger partial charge in [-0.1, -0.05) is 68.8 Å². The third-order valence-electron chi connectivity index (χ3n) is 9.97. The molecule has 2 aromatic rings. The maximum Gasteiger partial charge on any atom is 0.249 e. The smallest absolute Gasteiger partial charge is 0.249 e. The fourth-order valence-corrected chi connectivity index (χ4v) is 7.19. The SMILES string of the molecule is CCC(C)[C@@]1(NC(C)=O)CCN([C@H]2C/C=C/CO[C@@H]3C[C@H](NC[C@@H](O)[C@H](Cc4ccccc4)NC2=O)c2cc(OC)ccc23)C1=O. The van der Waals surface area contributed by atoms with Gasteiger partial charge in [0.25, 0.3) is 0 Å². The molecule has 1 unspecified atom stereocenters. The number of aliphatic hydroxyl groups excluding tert-OH is 1. The minimum Gasteiger partial charge on any atom is -0.497 e. The first-order chi connectivity index (χ1) is 22.2. The number of carbonyl (C=O) groups excluding carboxylic acids is 3. The molecule has 1 saturated heterocycles. The number of benzene rings is 2. The Kier molecular flexibility index (Phi) is 10.8. The molecule has 0 saturated carbocycles. The second kappa shape index (κ2) is 14.8. The molecule has 3 amide bonds. The highest BCUT2D eigenvalue weighted by molar-refractivity contribution is 5.96. The number of fused-ring (bicyclic) bond motifs is 5.